The van der Waals surface area contributed by atoms with Crippen molar-refractivity contribution in [2.24, 2.45) is 0 Å². The summed E-state index contributed by atoms with van der Waals surface area (Å²) in [4.78, 5) is 36.3. The van der Waals surface area contributed by atoms with Gasteiger partial charge in [0.05, 0.1) is 17.0 Å². The Morgan fingerprint density at radius 1 is 1.15 bits per heavy atom. The number of esters is 1. The molecular formula is C18H13BrN2O5. The zero-order chi connectivity index (χ0) is 18.7. The number of methoxy groups -OCH3 is 1. The molecule has 1 aromatic heterocycles. The van der Waals surface area contributed by atoms with Crippen LogP contribution in [0.4, 0.5) is 0 Å². The summed E-state index contributed by atoms with van der Waals surface area (Å²) in [5.74, 6) is -0.587. The molecule has 0 aliphatic rings. The number of ether oxygens (including phenoxy) is 2. The lowest BCUT2D eigenvalue weighted by atomic mass is 10.1. The van der Waals surface area contributed by atoms with Crippen molar-refractivity contribution in [1.82, 2.24) is 10.2 Å². The van der Waals surface area contributed by atoms with Crippen molar-refractivity contribution >= 4 is 38.5 Å². The molecule has 0 spiro atoms. The van der Waals surface area contributed by atoms with E-state index in [4.69, 9.17) is 9.47 Å². The fourth-order valence-electron chi connectivity index (χ4n) is 2.39. The van der Waals surface area contributed by atoms with Crippen molar-refractivity contribution in [2.75, 3.05) is 13.7 Å². The lowest BCUT2D eigenvalue weighted by Gasteiger charge is -2.07. The van der Waals surface area contributed by atoms with E-state index in [1.54, 1.807) is 42.5 Å². The summed E-state index contributed by atoms with van der Waals surface area (Å²) in [6.45, 7) is -0.452. The summed E-state index contributed by atoms with van der Waals surface area (Å²) >= 11 is 3.30. The van der Waals surface area contributed by atoms with E-state index in [0.717, 1.165) is 0 Å². The number of hydrogen-bond acceptors (Lipinski definition) is 6. The molecule has 0 fully saturated rings. The van der Waals surface area contributed by atoms with E-state index in [1.165, 1.54) is 7.11 Å². The van der Waals surface area contributed by atoms with Gasteiger partial charge in [-0.15, -0.1) is 0 Å². The number of carbonyl (C=O) groups excluding carboxylic acids is 2. The number of nitrogens with one attached hydrogen (secondary N) is 1. The number of halogens is 1. The number of carbonyl (C=O) groups is 2. The predicted octanol–water partition coefficient (Wildman–Crippen LogP) is 2.73. The van der Waals surface area contributed by atoms with Crippen LogP contribution in [0.1, 0.15) is 20.8 Å². The van der Waals surface area contributed by atoms with E-state index in [1.807, 2.05) is 0 Å². The highest BCUT2D eigenvalue weighted by Gasteiger charge is 2.17. The van der Waals surface area contributed by atoms with E-state index in [9.17, 15) is 14.4 Å². The van der Waals surface area contributed by atoms with Crippen LogP contribution in [0.5, 0.6) is 5.75 Å². The minimum absolute atomic E-state index is 0.0519. The first-order chi connectivity index (χ1) is 12.5. The van der Waals surface area contributed by atoms with E-state index in [0.29, 0.717) is 26.6 Å². The molecule has 0 unspecified atom stereocenters. The van der Waals surface area contributed by atoms with Gasteiger partial charge in [-0.3, -0.25) is 9.59 Å². The maximum Gasteiger partial charge on any atom is 0.359 e. The predicted molar refractivity (Wildman–Crippen MR) is 97.7 cm³/mol. The second-order valence-corrected chi connectivity index (χ2v) is 6.15. The van der Waals surface area contributed by atoms with Crippen LogP contribution < -0.4 is 10.3 Å². The minimum atomic E-state index is -0.793. The summed E-state index contributed by atoms with van der Waals surface area (Å²) in [6.07, 6.45) is 0. The summed E-state index contributed by atoms with van der Waals surface area (Å²) in [6, 6.07) is 11.3. The SMILES string of the molecule is COc1ccc(C(=O)COC(=O)c2n[nH]c(=O)c3ccccc23)cc1Br. The van der Waals surface area contributed by atoms with Gasteiger partial charge in [-0.05, 0) is 40.2 Å². The maximum atomic E-state index is 12.3. The number of fused-ring (bicyclic) bond motifs is 1. The maximum absolute atomic E-state index is 12.3. The molecule has 0 aliphatic heterocycles. The number of nitrogens with zero attached hydrogens (tertiary/aromatic N) is 1. The molecule has 8 heteroatoms. The Bertz CT molecular complexity index is 1060. The second-order valence-electron chi connectivity index (χ2n) is 5.30. The Labute approximate surface area is 156 Å². The van der Waals surface area contributed by atoms with Crippen LogP contribution in [0.3, 0.4) is 0 Å². The minimum Gasteiger partial charge on any atom is -0.496 e. The molecule has 1 N–H and O–H groups in total. The lowest BCUT2D eigenvalue weighted by Crippen LogP contribution is -2.19. The Morgan fingerprint density at radius 2 is 1.88 bits per heavy atom. The molecule has 132 valence electrons. The fourth-order valence-corrected chi connectivity index (χ4v) is 2.93. The quantitative estimate of drug-likeness (QED) is 0.507. The highest BCUT2D eigenvalue weighted by molar-refractivity contribution is 9.10. The number of hydrogen-bond donors (Lipinski definition) is 1. The first kappa shape index (κ1) is 17.8. The van der Waals surface area contributed by atoms with Crippen molar-refractivity contribution in [3.05, 3.63) is 68.5 Å². The third-order valence-electron chi connectivity index (χ3n) is 3.70. The molecule has 0 aliphatic carbocycles. The summed E-state index contributed by atoms with van der Waals surface area (Å²) in [7, 11) is 1.52. The molecule has 26 heavy (non-hydrogen) atoms. The molecule has 0 bridgehead atoms. The standard InChI is InChI=1S/C18H13BrN2O5/c1-25-15-7-6-10(8-13(15)19)14(22)9-26-18(24)16-11-4-2-3-5-12(11)17(23)21-20-16/h2-8H,9H2,1H3,(H,21,23). The number of benzene rings is 2. The van der Waals surface area contributed by atoms with Gasteiger partial charge in [0.15, 0.2) is 18.1 Å². The molecule has 1 heterocycles. The van der Waals surface area contributed by atoms with Crippen LogP contribution in [0.2, 0.25) is 0 Å². The van der Waals surface area contributed by atoms with Crippen molar-refractivity contribution in [1.29, 1.82) is 0 Å². The molecule has 0 atom stereocenters. The molecule has 0 amide bonds. The van der Waals surface area contributed by atoms with Gasteiger partial charge in [-0.2, -0.15) is 5.10 Å². The number of ketones is 1. The smallest absolute Gasteiger partial charge is 0.359 e. The van der Waals surface area contributed by atoms with Crippen LogP contribution in [0.15, 0.2) is 51.7 Å². The first-order valence-corrected chi connectivity index (χ1v) is 8.32. The summed E-state index contributed by atoms with van der Waals surface area (Å²) < 4.78 is 10.8. The fraction of sp³-hybridized carbons (Fsp3) is 0.111. The number of H-pyrrole nitrogens is 1. The van der Waals surface area contributed by atoms with Gasteiger partial charge >= 0.3 is 5.97 Å². The molecule has 0 radical (unpaired) electrons. The van der Waals surface area contributed by atoms with Crippen molar-refractivity contribution in [3.8, 4) is 5.75 Å². The van der Waals surface area contributed by atoms with Gasteiger partial charge in [-0.25, -0.2) is 9.89 Å². The highest BCUT2D eigenvalue weighted by Crippen LogP contribution is 2.25. The van der Waals surface area contributed by atoms with Gasteiger partial charge in [0, 0.05) is 10.9 Å². The van der Waals surface area contributed by atoms with Crippen LogP contribution in [-0.2, 0) is 4.74 Å². The summed E-state index contributed by atoms with van der Waals surface area (Å²) in [5, 5.41) is 6.68. The molecule has 0 saturated heterocycles. The van der Waals surface area contributed by atoms with Crippen LogP contribution in [0, 0.1) is 0 Å². The van der Waals surface area contributed by atoms with Gasteiger partial charge in [-0.1, -0.05) is 18.2 Å². The largest absolute Gasteiger partial charge is 0.496 e. The second kappa shape index (κ2) is 7.49. The number of Topliss-reactive ketones (excluding diaryl/α,β-unsaturated/α-hetero) is 1. The molecule has 0 saturated carbocycles. The van der Waals surface area contributed by atoms with E-state index in [-0.39, 0.29) is 11.5 Å². The topological polar surface area (TPSA) is 98.3 Å². The third kappa shape index (κ3) is 3.50. The lowest BCUT2D eigenvalue weighted by molar-refractivity contribution is 0.0470. The van der Waals surface area contributed by atoms with Crippen molar-refractivity contribution in [2.45, 2.75) is 0 Å². The molecule has 3 rings (SSSR count). The monoisotopic (exact) mass is 416 g/mol. The Kier molecular flexibility index (Phi) is 5.13. The summed E-state index contributed by atoms with van der Waals surface area (Å²) in [5.41, 5.74) is -0.0926. The molecule has 3 aromatic rings. The molecule has 2 aromatic carbocycles. The van der Waals surface area contributed by atoms with Crippen molar-refractivity contribution < 1.29 is 19.1 Å². The number of aromatic amines is 1. The average Bonchev–Trinajstić information content (AvgIpc) is 2.66. The van der Waals surface area contributed by atoms with Crippen LogP contribution in [0.25, 0.3) is 10.8 Å². The van der Waals surface area contributed by atoms with E-state index >= 15 is 0 Å². The molecular weight excluding hydrogens is 404 g/mol. The van der Waals surface area contributed by atoms with Crippen LogP contribution >= 0.6 is 15.9 Å². The first-order valence-electron chi connectivity index (χ1n) is 7.52. The highest BCUT2D eigenvalue weighted by atomic mass is 79.9. The van der Waals surface area contributed by atoms with Gasteiger partial charge in [0.2, 0.25) is 0 Å². The number of rotatable bonds is 5. The van der Waals surface area contributed by atoms with E-state index < -0.39 is 18.1 Å². The zero-order valence-corrected chi connectivity index (χ0v) is 15.2. The van der Waals surface area contributed by atoms with Crippen LogP contribution in [-0.4, -0.2) is 35.7 Å². The molecule has 7 nitrogen and oxygen atoms in total. The normalized spacial score (nSPS) is 10.5. The Morgan fingerprint density at radius 3 is 2.58 bits per heavy atom. The van der Waals surface area contributed by atoms with Crippen molar-refractivity contribution in [3.63, 3.8) is 0 Å². The zero-order valence-electron chi connectivity index (χ0n) is 13.6. The average molecular weight is 417 g/mol. The third-order valence-corrected chi connectivity index (χ3v) is 4.32. The van der Waals surface area contributed by atoms with E-state index in [2.05, 4.69) is 26.1 Å². The number of aromatic nitrogens is 2. The van der Waals surface area contributed by atoms with Gasteiger partial charge in [0.25, 0.3) is 5.56 Å². The van der Waals surface area contributed by atoms with Gasteiger partial charge in [0.1, 0.15) is 5.75 Å². The Balaban J connectivity index is 1.77. The van der Waals surface area contributed by atoms with Gasteiger partial charge < -0.3 is 9.47 Å². The Hall–Kier alpha value is -3.00.